The van der Waals surface area contributed by atoms with Crippen LogP contribution in [-0.2, 0) is 6.54 Å². The first kappa shape index (κ1) is 13.7. The molecule has 1 fully saturated rings. The highest BCUT2D eigenvalue weighted by molar-refractivity contribution is 6.30. The van der Waals surface area contributed by atoms with E-state index in [4.69, 9.17) is 16.3 Å². The van der Waals surface area contributed by atoms with E-state index in [-0.39, 0.29) is 0 Å². The molecule has 1 aliphatic rings. The standard InChI is InChI=1S/C14H21ClN2O/c1-18-14-5-4-13(15)10-12(14)11-16-6-9-17-7-2-3-8-17/h4-5,10,16H,2-3,6-9,11H2,1H3. The first-order valence-corrected chi connectivity index (χ1v) is 6.93. The number of methoxy groups -OCH3 is 1. The fourth-order valence-electron chi connectivity index (χ4n) is 2.35. The molecule has 0 aromatic heterocycles. The number of rotatable bonds is 6. The van der Waals surface area contributed by atoms with Crippen LogP contribution in [-0.4, -0.2) is 38.2 Å². The van der Waals surface area contributed by atoms with Gasteiger partial charge >= 0.3 is 0 Å². The van der Waals surface area contributed by atoms with E-state index in [2.05, 4.69) is 10.2 Å². The van der Waals surface area contributed by atoms with Gasteiger partial charge in [-0.25, -0.2) is 0 Å². The Kier molecular flexibility index (Phi) is 5.29. The zero-order chi connectivity index (χ0) is 12.8. The Morgan fingerprint density at radius 1 is 1.33 bits per heavy atom. The molecule has 18 heavy (non-hydrogen) atoms. The highest BCUT2D eigenvalue weighted by Gasteiger charge is 2.10. The molecule has 1 aliphatic heterocycles. The maximum absolute atomic E-state index is 6.00. The van der Waals surface area contributed by atoms with Gasteiger partial charge in [-0.05, 0) is 44.1 Å². The lowest BCUT2D eigenvalue weighted by molar-refractivity contribution is 0.335. The minimum Gasteiger partial charge on any atom is -0.496 e. The molecule has 0 aliphatic carbocycles. The summed E-state index contributed by atoms with van der Waals surface area (Å²) in [5, 5.41) is 4.21. The summed E-state index contributed by atoms with van der Waals surface area (Å²) in [6, 6.07) is 5.73. The van der Waals surface area contributed by atoms with E-state index in [1.54, 1.807) is 7.11 Å². The van der Waals surface area contributed by atoms with E-state index in [9.17, 15) is 0 Å². The third kappa shape index (κ3) is 3.87. The highest BCUT2D eigenvalue weighted by Crippen LogP contribution is 2.22. The summed E-state index contributed by atoms with van der Waals surface area (Å²) in [6.45, 7) is 5.44. The fourth-order valence-corrected chi connectivity index (χ4v) is 2.55. The lowest BCUT2D eigenvalue weighted by atomic mass is 10.2. The molecular weight excluding hydrogens is 248 g/mol. The van der Waals surface area contributed by atoms with Crippen LogP contribution in [0.5, 0.6) is 5.75 Å². The molecule has 2 rings (SSSR count). The van der Waals surface area contributed by atoms with Crippen molar-refractivity contribution in [3.63, 3.8) is 0 Å². The first-order valence-electron chi connectivity index (χ1n) is 6.55. The summed E-state index contributed by atoms with van der Waals surface area (Å²) in [5.74, 6) is 0.896. The van der Waals surface area contributed by atoms with Crippen molar-refractivity contribution in [3.8, 4) is 5.75 Å². The van der Waals surface area contributed by atoms with E-state index < -0.39 is 0 Å². The number of nitrogens with zero attached hydrogens (tertiary/aromatic N) is 1. The van der Waals surface area contributed by atoms with Gasteiger partial charge in [-0.1, -0.05) is 11.6 Å². The fraction of sp³-hybridized carbons (Fsp3) is 0.571. The molecule has 0 amide bonds. The van der Waals surface area contributed by atoms with Gasteiger partial charge in [-0.15, -0.1) is 0 Å². The van der Waals surface area contributed by atoms with Crippen LogP contribution in [0.4, 0.5) is 0 Å². The summed E-state index contributed by atoms with van der Waals surface area (Å²) in [6.07, 6.45) is 2.70. The van der Waals surface area contributed by atoms with Crippen molar-refractivity contribution in [3.05, 3.63) is 28.8 Å². The predicted molar refractivity (Wildman–Crippen MR) is 75.4 cm³/mol. The van der Waals surface area contributed by atoms with Crippen LogP contribution in [0.2, 0.25) is 5.02 Å². The topological polar surface area (TPSA) is 24.5 Å². The first-order chi connectivity index (χ1) is 8.79. The number of benzene rings is 1. The number of hydrogen-bond donors (Lipinski definition) is 1. The molecule has 1 heterocycles. The monoisotopic (exact) mass is 268 g/mol. The average molecular weight is 269 g/mol. The molecule has 0 atom stereocenters. The molecule has 1 saturated heterocycles. The second-order valence-corrected chi connectivity index (χ2v) is 5.12. The lowest BCUT2D eigenvalue weighted by Crippen LogP contribution is -2.29. The number of likely N-dealkylation sites (tertiary alicyclic amines) is 1. The molecule has 0 unspecified atom stereocenters. The minimum absolute atomic E-state index is 0.757. The van der Waals surface area contributed by atoms with Gasteiger partial charge in [-0.3, -0.25) is 0 Å². The van der Waals surface area contributed by atoms with Crippen LogP contribution in [0.1, 0.15) is 18.4 Å². The van der Waals surface area contributed by atoms with E-state index >= 15 is 0 Å². The number of ether oxygens (including phenoxy) is 1. The largest absolute Gasteiger partial charge is 0.496 e. The minimum atomic E-state index is 0.757. The van der Waals surface area contributed by atoms with Gasteiger partial charge in [0.15, 0.2) is 0 Å². The molecule has 0 radical (unpaired) electrons. The number of hydrogen-bond acceptors (Lipinski definition) is 3. The molecule has 1 aromatic carbocycles. The summed E-state index contributed by atoms with van der Waals surface area (Å²) in [4.78, 5) is 2.50. The zero-order valence-corrected chi connectivity index (χ0v) is 11.7. The van der Waals surface area contributed by atoms with E-state index in [1.807, 2.05) is 18.2 Å². The van der Waals surface area contributed by atoms with Gasteiger partial charge in [-0.2, -0.15) is 0 Å². The Balaban J connectivity index is 1.76. The third-order valence-electron chi connectivity index (χ3n) is 3.36. The highest BCUT2D eigenvalue weighted by atomic mass is 35.5. The van der Waals surface area contributed by atoms with E-state index in [0.29, 0.717) is 0 Å². The van der Waals surface area contributed by atoms with Crippen molar-refractivity contribution < 1.29 is 4.74 Å². The smallest absolute Gasteiger partial charge is 0.123 e. The zero-order valence-electron chi connectivity index (χ0n) is 10.9. The second kappa shape index (κ2) is 6.98. The van der Waals surface area contributed by atoms with E-state index in [0.717, 1.165) is 36.0 Å². The molecule has 100 valence electrons. The van der Waals surface area contributed by atoms with Crippen LogP contribution >= 0.6 is 11.6 Å². The summed E-state index contributed by atoms with van der Waals surface area (Å²) in [7, 11) is 1.69. The van der Waals surface area contributed by atoms with Gasteiger partial charge < -0.3 is 15.0 Å². The average Bonchev–Trinajstić information content (AvgIpc) is 2.88. The van der Waals surface area contributed by atoms with Gasteiger partial charge in [0.25, 0.3) is 0 Å². The summed E-state index contributed by atoms with van der Waals surface area (Å²) < 4.78 is 5.32. The third-order valence-corrected chi connectivity index (χ3v) is 3.60. The predicted octanol–water partition coefficient (Wildman–Crippen LogP) is 2.53. The van der Waals surface area contributed by atoms with Crippen LogP contribution in [0, 0.1) is 0 Å². The van der Waals surface area contributed by atoms with E-state index in [1.165, 1.54) is 25.9 Å². The Morgan fingerprint density at radius 2 is 2.11 bits per heavy atom. The van der Waals surface area contributed by atoms with Gasteiger partial charge in [0, 0.05) is 30.2 Å². The molecule has 1 aromatic rings. The lowest BCUT2D eigenvalue weighted by Gasteiger charge is -2.15. The molecule has 0 spiro atoms. The van der Waals surface area contributed by atoms with Crippen LogP contribution < -0.4 is 10.1 Å². The number of nitrogens with one attached hydrogen (secondary N) is 1. The van der Waals surface area contributed by atoms with Crippen molar-refractivity contribution in [2.75, 3.05) is 33.3 Å². The van der Waals surface area contributed by atoms with Crippen LogP contribution in [0.15, 0.2) is 18.2 Å². The maximum Gasteiger partial charge on any atom is 0.123 e. The Bertz CT molecular complexity index is 378. The van der Waals surface area contributed by atoms with Gasteiger partial charge in [0.05, 0.1) is 7.11 Å². The van der Waals surface area contributed by atoms with Crippen LogP contribution in [0.25, 0.3) is 0 Å². The van der Waals surface area contributed by atoms with Crippen molar-refractivity contribution >= 4 is 11.6 Å². The molecule has 0 bridgehead atoms. The van der Waals surface area contributed by atoms with Crippen LogP contribution in [0.3, 0.4) is 0 Å². The molecule has 0 saturated carbocycles. The molecule has 3 nitrogen and oxygen atoms in total. The quantitative estimate of drug-likeness (QED) is 0.803. The normalized spacial score (nSPS) is 16.1. The van der Waals surface area contributed by atoms with Gasteiger partial charge in [0.1, 0.15) is 5.75 Å². The van der Waals surface area contributed by atoms with Crippen molar-refractivity contribution in [2.45, 2.75) is 19.4 Å². The Morgan fingerprint density at radius 3 is 2.83 bits per heavy atom. The Labute approximate surface area is 114 Å². The molecular formula is C14H21ClN2O. The Hall–Kier alpha value is -0.770. The maximum atomic E-state index is 6.00. The molecule has 4 heteroatoms. The second-order valence-electron chi connectivity index (χ2n) is 4.68. The van der Waals surface area contributed by atoms with Gasteiger partial charge in [0.2, 0.25) is 0 Å². The van der Waals surface area contributed by atoms with Crippen molar-refractivity contribution in [1.82, 2.24) is 10.2 Å². The number of halogens is 1. The van der Waals surface area contributed by atoms with Crippen molar-refractivity contribution in [1.29, 1.82) is 0 Å². The summed E-state index contributed by atoms with van der Waals surface area (Å²) >= 11 is 6.00. The SMILES string of the molecule is COc1ccc(Cl)cc1CNCCN1CCCC1. The molecule has 1 N–H and O–H groups in total. The van der Waals surface area contributed by atoms with Crippen molar-refractivity contribution in [2.24, 2.45) is 0 Å². The summed E-state index contributed by atoms with van der Waals surface area (Å²) in [5.41, 5.74) is 1.12.